The summed E-state index contributed by atoms with van der Waals surface area (Å²) in [6, 6.07) is 1.42. The van der Waals surface area contributed by atoms with Crippen LogP contribution < -0.4 is 5.32 Å². The van der Waals surface area contributed by atoms with Gasteiger partial charge in [-0.25, -0.2) is 0 Å². The maximum Gasteiger partial charge on any atom is 0.268 e. The van der Waals surface area contributed by atoms with Crippen LogP contribution in [0.1, 0.15) is 37.7 Å². The fourth-order valence-electron chi connectivity index (χ4n) is 1.76. The Morgan fingerprint density at radius 1 is 1.56 bits per heavy atom. The van der Waals surface area contributed by atoms with Crippen molar-refractivity contribution in [1.29, 1.82) is 0 Å². The van der Waals surface area contributed by atoms with Gasteiger partial charge in [0.1, 0.15) is 5.69 Å². The summed E-state index contributed by atoms with van der Waals surface area (Å²) in [7, 11) is 0. The van der Waals surface area contributed by atoms with Crippen molar-refractivity contribution in [1.82, 2.24) is 9.88 Å². The molecule has 0 aliphatic carbocycles. The summed E-state index contributed by atoms with van der Waals surface area (Å²) in [5.41, 5.74) is 0.543. The SMILES string of the molecule is CCCn1cc(Cl)cc1C(=O)N[C@H](CO)C(C)C. The molecule has 0 saturated heterocycles. The normalized spacial score (nSPS) is 12.8. The molecular formula is C13H21ClN2O2. The quantitative estimate of drug-likeness (QED) is 0.835. The molecule has 0 unspecified atom stereocenters. The predicted octanol–water partition coefficient (Wildman–Crippen LogP) is 2.30. The summed E-state index contributed by atoms with van der Waals surface area (Å²) in [5.74, 6) is -0.00731. The number of aromatic nitrogens is 1. The van der Waals surface area contributed by atoms with E-state index >= 15 is 0 Å². The summed E-state index contributed by atoms with van der Waals surface area (Å²) < 4.78 is 1.84. The van der Waals surface area contributed by atoms with Gasteiger partial charge in [0.15, 0.2) is 0 Å². The van der Waals surface area contributed by atoms with Gasteiger partial charge < -0.3 is 15.0 Å². The number of nitrogens with one attached hydrogen (secondary N) is 1. The molecule has 0 radical (unpaired) electrons. The molecule has 1 atom stereocenters. The van der Waals surface area contributed by atoms with Crippen molar-refractivity contribution in [3.63, 3.8) is 0 Å². The van der Waals surface area contributed by atoms with Gasteiger partial charge in [0.05, 0.1) is 17.7 Å². The smallest absolute Gasteiger partial charge is 0.268 e. The average Bonchev–Trinajstić information content (AvgIpc) is 2.67. The van der Waals surface area contributed by atoms with Crippen LogP contribution >= 0.6 is 11.6 Å². The largest absolute Gasteiger partial charge is 0.394 e. The van der Waals surface area contributed by atoms with Gasteiger partial charge in [0, 0.05) is 12.7 Å². The van der Waals surface area contributed by atoms with Gasteiger partial charge in [-0.2, -0.15) is 0 Å². The van der Waals surface area contributed by atoms with Gasteiger partial charge >= 0.3 is 0 Å². The number of amides is 1. The van der Waals surface area contributed by atoms with Gasteiger partial charge in [-0.05, 0) is 18.4 Å². The van der Waals surface area contributed by atoms with E-state index < -0.39 is 0 Å². The number of carbonyl (C=O) groups is 1. The summed E-state index contributed by atoms with van der Waals surface area (Å²) in [5, 5.41) is 12.6. The third-order valence-electron chi connectivity index (χ3n) is 2.88. The molecule has 0 aliphatic heterocycles. The molecule has 1 amide bonds. The van der Waals surface area contributed by atoms with E-state index in [1.54, 1.807) is 12.3 Å². The molecule has 4 nitrogen and oxygen atoms in total. The Labute approximate surface area is 113 Å². The molecule has 0 saturated carbocycles. The standard InChI is InChI=1S/C13H21ClN2O2/c1-4-5-16-7-10(14)6-12(16)13(18)15-11(8-17)9(2)3/h6-7,9,11,17H,4-5,8H2,1-3H3,(H,15,18)/t11-/m1/s1. The summed E-state index contributed by atoms with van der Waals surface area (Å²) in [4.78, 5) is 12.1. The first-order chi connectivity index (χ1) is 8.49. The average molecular weight is 273 g/mol. The second-order valence-corrected chi connectivity index (χ2v) is 5.18. The highest BCUT2D eigenvalue weighted by Crippen LogP contribution is 2.15. The van der Waals surface area contributed by atoms with Crippen LogP contribution in [0, 0.1) is 5.92 Å². The van der Waals surface area contributed by atoms with E-state index in [-0.39, 0.29) is 24.5 Å². The van der Waals surface area contributed by atoms with Crippen LogP contribution in [0.25, 0.3) is 0 Å². The van der Waals surface area contributed by atoms with Gasteiger partial charge in [-0.3, -0.25) is 4.79 Å². The first kappa shape index (κ1) is 15.1. The number of nitrogens with zero attached hydrogens (tertiary/aromatic N) is 1. The first-order valence-electron chi connectivity index (χ1n) is 6.27. The molecule has 18 heavy (non-hydrogen) atoms. The fourth-order valence-corrected chi connectivity index (χ4v) is 1.98. The number of carbonyl (C=O) groups excluding carboxylic acids is 1. The van der Waals surface area contributed by atoms with E-state index in [9.17, 15) is 9.90 Å². The van der Waals surface area contributed by atoms with Crippen LogP contribution in [0.2, 0.25) is 5.02 Å². The van der Waals surface area contributed by atoms with Crippen molar-refractivity contribution in [2.24, 2.45) is 5.92 Å². The van der Waals surface area contributed by atoms with Crippen molar-refractivity contribution in [2.75, 3.05) is 6.61 Å². The lowest BCUT2D eigenvalue weighted by molar-refractivity contribution is 0.0887. The van der Waals surface area contributed by atoms with E-state index in [1.165, 1.54) is 0 Å². The minimum absolute atomic E-state index is 0.0639. The Morgan fingerprint density at radius 3 is 2.72 bits per heavy atom. The summed E-state index contributed by atoms with van der Waals surface area (Å²) in [6.45, 7) is 6.64. The number of hydrogen-bond donors (Lipinski definition) is 2. The second kappa shape index (κ2) is 6.81. The van der Waals surface area contributed by atoms with Gasteiger partial charge in [-0.1, -0.05) is 32.4 Å². The van der Waals surface area contributed by atoms with Gasteiger partial charge in [0.2, 0.25) is 0 Å². The van der Waals surface area contributed by atoms with Crippen LogP contribution in [0.5, 0.6) is 0 Å². The number of aliphatic hydroxyl groups excluding tert-OH is 1. The highest BCUT2D eigenvalue weighted by atomic mass is 35.5. The third kappa shape index (κ3) is 3.75. The molecule has 2 N–H and O–H groups in total. The third-order valence-corrected chi connectivity index (χ3v) is 3.08. The zero-order valence-electron chi connectivity index (χ0n) is 11.1. The van der Waals surface area contributed by atoms with Gasteiger partial charge in [0.25, 0.3) is 5.91 Å². The van der Waals surface area contributed by atoms with E-state index in [0.29, 0.717) is 10.7 Å². The highest BCUT2D eigenvalue weighted by Gasteiger charge is 2.19. The molecule has 1 aromatic heterocycles. The Hall–Kier alpha value is -1.00. The maximum atomic E-state index is 12.1. The van der Waals surface area contributed by atoms with Crippen molar-refractivity contribution in [2.45, 2.75) is 39.8 Å². The topological polar surface area (TPSA) is 54.3 Å². The minimum atomic E-state index is -0.235. The molecule has 0 fully saturated rings. The Kier molecular flexibility index (Phi) is 5.69. The molecule has 0 aromatic carbocycles. The first-order valence-corrected chi connectivity index (χ1v) is 6.64. The van der Waals surface area contributed by atoms with Gasteiger partial charge in [-0.15, -0.1) is 0 Å². The van der Waals surface area contributed by atoms with Crippen LogP contribution in [-0.2, 0) is 6.54 Å². The molecule has 0 aliphatic rings. The Bertz CT molecular complexity index is 402. The summed E-state index contributed by atoms with van der Waals surface area (Å²) in [6.07, 6.45) is 2.68. The fraction of sp³-hybridized carbons (Fsp3) is 0.615. The van der Waals surface area contributed by atoms with E-state index in [1.807, 2.05) is 25.3 Å². The number of halogens is 1. The monoisotopic (exact) mass is 272 g/mol. The van der Waals surface area contributed by atoms with E-state index in [4.69, 9.17) is 11.6 Å². The molecular weight excluding hydrogens is 252 g/mol. The van der Waals surface area contributed by atoms with Crippen LogP contribution in [0.3, 0.4) is 0 Å². The number of aliphatic hydroxyl groups is 1. The molecule has 5 heteroatoms. The lowest BCUT2D eigenvalue weighted by Gasteiger charge is -2.20. The van der Waals surface area contributed by atoms with Crippen molar-refractivity contribution < 1.29 is 9.90 Å². The zero-order valence-corrected chi connectivity index (χ0v) is 11.9. The van der Waals surface area contributed by atoms with E-state index in [0.717, 1.165) is 13.0 Å². The van der Waals surface area contributed by atoms with Crippen LogP contribution in [0.15, 0.2) is 12.3 Å². The highest BCUT2D eigenvalue weighted by molar-refractivity contribution is 6.31. The minimum Gasteiger partial charge on any atom is -0.394 e. The zero-order chi connectivity index (χ0) is 13.7. The molecule has 1 rings (SSSR count). The van der Waals surface area contributed by atoms with Crippen LogP contribution in [-0.4, -0.2) is 28.2 Å². The van der Waals surface area contributed by atoms with Crippen molar-refractivity contribution in [3.05, 3.63) is 23.0 Å². The lowest BCUT2D eigenvalue weighted by atomic mass is 10.1. The van der Waals surface area contributed by atoms with Crippen molar-refractivity contribution >= 4 is 17.5 Å². The van der Waals surface area contributed by atoms with E-state index in [2.05, 4.69) is 5.32 Å². The Balaban J connectivity index is 2.83. The number of hydrogen-bond acceptors (Lipinski definition) is 2. The molecule has 102 valence electrons. The van der Waals surface area contributed by atoms with Crippen LogP contribution in [0.4, 0.5) is 0 Å². The number of aryl methyl sites for hydroxylation is 1. The lowest BCUT2D eigenvalue weighted by Crippen LogP contribution is -2.41. The molecule has 1 heterocycles. The molecule has 0 spiro atoms. The second-order valence-electron chi connectivity index (χ2n) is 4.74. The maximum absolute atomic E-state index is 12.1. The molecule has 1 aromatic rings. The predicted molar refractivity (Wildman–Crippen MR) is 72.9 cm³/mol. The molecule has 0 bridgehead atoms. The summed E-state index contributed by atoms with van der Waals surface area (Å²) >= 11 is 5.93. The Morgan fingerprint density at radius 2 is 2.22 bits per heavy atom. The van der Waals surface area contributed by atoms with Crippen molar-refractivity contribution in [3.8, 4) is 0 Å². The number of rotatable bonds is 6.